The van der Waals surface area contributed by atoms with Gasteiger partial charge in [0.15, 0.2) is 0 Å². The average Bonchev–Trinajstić information content (AvgIpc) is 2.26. The van der Waals surface area contributed by atoms with E-state index in [1.54, 1.807) is 0 Å². The molecule has 0 aromatic heterocycles. The molecule has 0 aliphatic heterocycles. The first kappa shape index (κ1) is 19.0. The van der Waals surface area contributed by atoms with E-state index in [1.807, 2.05) is 6.92 Å². The van der Waals surface area contributed by atoms with Crippen molar-refractivity contribution < 1.29 is 32.6 Å². The van der Waals surface area contributed by atoms with Crippen LogP contribution in [0.5, 0.6) is 0 Å². The van der Waals surface area contributed by atoms with Gasteiger partial charge in [-0.15, -0.1) is 0 Å². The summed E-state index contributed by atoms with van der Waals surface area (Å²) < 4.78 is 36.6. The maximum atomic E-state index is 10.8. The second-order valence-electron chi connectivity index (χ2n) is 3.20. The molecule has 0 spiro atoms. The Kier molecular flexibility index (Phi) is 11.4. The molecule has 0 atom stereocenters. The third-order valence-electron chi connectivity index (χ3n) is 1.41. The molecule has 5 nitrogen and oxygen atoms in total. The van der Waals surface area contributed by atoms with Gasteiger partial charge < -0.3 is 15.2 Å². The average molecular weight is 273 g/mol. The second-order valence-corrected chi connectivity index (χ2v) is 3.20. The van der Waals surface area contributed by atoms with Crippen LogP contribution in [0.25, 0.3) is 0 Å². The van der Waals surface area contributed by atoms with Gasteiger partial charge in [-0.1, -0.05) is 13.8 Å². The Morgan fingerprint density at radius 1 is 1.22 bits per heavy atom. The molecule has 0 amide bonds. The first-order valence-electron chi connectivity index (χ1n) is 5.42. The fourth-order valence-electron chi connectivity index (χ4n) is 0.634. The van der Waals surface area contributed by atoms with Gasteiger partial charge in [0.2, 0.25) is 0 Å². The molecule has 0 aromatic rings. The van der Waals surface area contributed by atoms with Crippen molar-refractivity contribution in [3.63, 3.8) is 0 Å². The monoisotopic (exact) mass is 273 g/mol. The highest BCUT2D eigenvalue weighted by Gasteiger charge is 2.38. The highest BCUT2D eigenvalue weighted by Crippen LogP contribution is 2.13. The van der Waals surface area contributed by atoms with Crippen LogP contribution < -0.4 is 5.32 Å². The zero-order chi connectivity index (χ0) is 14.6. The van der Waals surface area contributed by atoms with Gasteiger partial charge in [0, 0.05) is 0 Å². The predicted octanol–water partition coefficient (Wildman–Crippen LogP) is 1.57. The number of nitrogens with one attached hydrogen (secondary N) is 1. The first-order valence-corrected chi connectivity index (χ1v) is 5.42. The standard InChI is InChI=1S/C8H17NO2.C2HF3O2/c1-3-5-9-7-8(10)11-6-4-2;3-2(4,5)1(6)7/h9H,3-7H2,1-2H3;(H,6,7). The lowest BCUT2D eigenvalue weighted by Crippen LogP contribution is -2.25. The summed E-state index contributed by atoms with van der Waals surface area (Å²) in [6.45, 7) is 5.79. The smallest absolute Gasteiger partial charge is 0.475 e. The largest absolute Gasteiger partial charge is 0.490 e. The molecule has 2 N–H and O–H groups in total. The molecule has 0 saturated carbocycles. The summed E-state index contributed by atoms with van der Waals surface area (Å²) in [5.74, 6) is -2.91. The minimum atomic E-state index is -5.08. The Morgan fingerprint density at radius 3 is 2.06 bits per heavy atom. The van der Waals surface area contributed by atoms with Crippen LogP contribution >= 0.6 is 0 Å². The van der Waals surface area contributed by atoms with E-state index in [4.69, 9.17) is 14.6 Å². The van der Waals surface area contributed by atoms with Crippen molar-refractivity contribution in [2.75, 3.05) is 19.7 Å². The van der Waals surface area contributed by atoms with Gasteiger partial charge in [-0.05, 0) is 19.4 Å². The van der Waals surface area contributed by atoms with Crippen LogP contribution in [-0.4, -0.2) is 42.9 Å². The summed E-state index contributed by atoms with van der Waals surface area (Å²) in [5, 5.41) is 10.1. The number of hydrogen-bond acceptors (Lipinski definition) is 4. The van der Waals surface area contributed by atoms with Gasteiger partial charge >= 0.3 is 18.1 Å². The molecular weight excluding hydrogens is 255 g/mol. The molecule has 0 aliphatic carbocycles. The van der Waals surface area contributed by atoms with Crippen LogP contribution in [-0.2, 0) is 14.3 Å². The second kappa shape index (κ2) is 10.8. The van der Waals surface area contributed by atoms with Gasteiger partial charge in [0.1, 0.15) is 0 Å². The molecule has 0 radical (unpaired) electrons. The van der Waals surface area contributed by atoms with E-state index < -0.39 is 12.1 Å². The number of carboxylic acid groups (broad SMARTS) is 1. The topological polar surface area (TPSA) is 75.6 Å². The fourth-order valence-corrected chi connectivity index (χ4v) is 0.634. The van der Waals surface area contributed by atoms with Crippen molar-refractivity contribution in [2.45, 2.75) is 32.9 Å². The molecular formula is C10H18F3NO4. The number of carboxylic acids is 1. The quantitative estimate of drug-likeness (QED) is 0.567. The van der Waals surface area contributed by atoms with Gasteiger partial charge in [-0.2, -0.15) is 13.2 Å². The lowest BCUT2D eigenvalue weighted by molar-refractivity contribution is -0.192. The number of carbonyl (C=O) groups excluding carboxylic acids is 1. The zero-order valence-electron chi connectivity index (χ0n) is 10.3. The summed E-state index contributed by atoms with van der Waals surface area (Å²) >= 11 is 0. The van der Waals surface area contributed by atoms with E-state index in [0.717, 1.165) is 19.4 Å². The van der Waals surface area contributed by atoms with E-state index >= 15 is 0 Å². The number of halogens is 3. The molecule has 0 fully saturated rings. The Morgan fingerprint density at radius 2 is 1.72 bits per heavy atom. The predicted molar refractivity (Wildman–Crippen MR) is 58.1 cm³/mol. The van der Waals surface area contributed by atoms with Gasteiger partial charge in [0.05, 0.1) is 13.2 Å². The van der Waals surface area contributed by atoms with Crippen molar-refractivity contribution in [3.8, 4) is 0 Å². The molecule has 0 unspecified atom stereocenters. The number of esters is 1. The third-order valence-corrected chi connectivity index (χ3v) is 1.41. The number of hydrogen-bond donors (Lipinski definition) is 2. The van der Waals surface area contributed by atoms with E-state index in [0.29, 0.717) is 13.2 Å². The maximum absolute atomic E-state index is 10.8. The Hall–Kier alpha value is -1.31. The van der Waals surface area contributed by atoms with Crippen LogP contribution in [0.15, 0.2) is 0 Å². The maximum Gasteiger partial charge on any atom is 0.490 e. The lowest BCUT2D eigenvalue weighted by Gasteiger charge is -2.02. The number of aliphatic carboxylic acids is 1. The minimum Gasteiger partial charge on any atom is -0.475 e. The van der Waals surface area contributed by atoms with Crippen molar-refractivity contribution in [1.29, 1.82) is 0 Å². The highest BCUT2D eigenvalue weighted by molar-refractivity contribution is 5.73. The molecule has 18 heavy (non-hydrogen) atoms. The lowest BCUT2D eigenvalue weighted by atomic mass is 10.5. The van der Waals surface area contributed by atoms with Crippen molar-refractivity contribution in [1.82, 2.24) is 5.32 Å². The fraction of sp³-hybridized carbons (Fsp3) is 0.800. The van der Waals surface area contributed by atoms with Crippen molar-refractivity contribution >= 4 is 11.9 Å². The summed E-state index contributed by atoms with van der Waals surface area (Å²) in [6.07, 6.45) is -3.15. The molecule has 0 saturated heterocycles. The molecule has 8 heteroatoms. The minimum absolute atomic E-state index is 0.152. The Balaban J connectivity index is 0. The van der Waals surface area contributed by atoms with Gasteiger partial charge in [-0.3, -0.25) is 4.79 Å². The summed E-state index contributed by atoms with van der Waals surface area (Å²) in [7, 11) is 0. The van der Waals surface area contributed by atoms with Crippen molar-refractivity contribution in [3.05, 3.63) is 0 Å². The van der Waals surface area contributed by atoms with Crippen LogP contribution in [0.1, 0.15) is 26.7 Å². The van der Waals surface area contributed by atoms with Gasteiger partial charge in [-0.25, -0.2) is 4.79 Å². The van der Waals surface area contributed by atoms with Crippen LogP contribution in [0.4, 0.5) is 13.2 Å². The highest BCUT2D eigenvalue weighted by atomic mass is 19.4. The van der Waals surface area contributed by atoms with E-state index in [1.165, 1.54) is 0 Å². The van der Waals surface area contributed by atoms with Gasteiger partial charge in [0.25, 0.3) is 0 Å². The molecule has 0 aliphatic rings. The molecule has 0 heterocycles. The Labute approximate surface area is 103 Å². The molecule has 0 bridgehead atoms. The Bertz CT molecular complexity index is 244. The summed E-state index contributed by atoms with van der Waals surface area (Å²) in [4.78, 5) is 19.7. The normalized spacial score (nSPS) is 10.3. The first-order chi connectivity index (χ1) is 8.25. The van der Waals surface area contributed by atoms with E-state index in [2.05, 4.69) is 12.2 Å². The summed E-state index contributed by atoms with van der Waals surface area (Å²) in [5.41, 5.74) is 0. The van der Waals surface area contributed by atoms with Crippen LogP contribution in [0.3, 0.4) is 0 Å². The number of carbonyl (C=O) groups is 2. The number of alkyl halides is 3. The molecule has 0 rings (SSSR count). The van der Waals surface area contributed by atoms with Crippen molar-refractivity contribution in [2.24, 2.45) is 0 Å². The number of ether oxygens (including phenoxy) is 1. The SMILES string of the molecule is CCCNCC(=O)OCCC.O=C(O)C(F)(F)F. The van der Waals surface area contributed by atoms with Crippen LogP contribution in [0.2, 0.25) is 0 Å². The zero-order valence-corrected chi connectivity index (χ0v) is 10.3. The van der Waals surface area contributed by atoms with Crippen LogP contribution in [0, 0.1) is 0 Å². The number of rotatable bonds is 6. The van der Waals surface area contributed by atoms with E-state index in [9.17, 15) is 18.0 Å². The molecule has 108 valence electrons. The molecule has 0 aromatic carbocycles. The third kappa shape index (κ3) is 14.7. The van der Waals surface area contributed by atoms with E-state index in [-0.39, 0.29) is 5.97 Å². The summed E-state index contributed by atoms with van der Waals surface area (Å²) in [6, 6.07) is 0.